The van der Waals surface area contributed by atoms with E-state index in [0.29, 0.717) is 19.5 Å². The minimum atomic E-state index is -5.58. The smallest absolute Gasteiger partial charge is 0.381 e. The lowest BCUT2D eigenvalue weighted by atomic mass is 9.99. The van der Waals surface area contributed by atoms with E-state index >= 15 is 0 Å². The number of fused-ring (bicyclic) bond motifs is 1. The molecule has 1 aromatic rings. The fourth-order valence-corrected chi connectivity index (χ4v) is 3.72. The lowest BCUT2D eigenvalue weighted by molar-refractivity contribution is -0.0526. The van der Waals surface area contributed by atoms with Crippen molar-refractivity contribution in [2.45, 2.75) is 18.5 Å². The standard InChI is InChI=1S/C15H16F3NO3S/c16-15(17,18)23(20,21)22-14-7-6-12-9-19(10-13(12)14)8-11-4-2-1-3-5-11/h1-5,7,12-13H,6,8-10H2. The first-order valence-electron chi connectivity index (χ1n) is 7.23. The number of halogens is 3. The predicted octanol–water partition coefficient (Wildman–Crippen LogP) is 2.89. The summed E-state index contributed by atoms with van der Waals surface area (Å²) < 4.78 is 64.0. The van der Waals surface area contributed by atoms with E-state index in [4.69, 9.17) is 0 Å². The lowest BCUT2D eigenvalue weighted by Gasteiger charge is -2.18. The minimum absolute atomic E-state index is 0.0668. The van der Waals surface area contributed by atoms with Crippen LogP contribution in [0.5, 0.6) is 0 Å². The number of benzene rings is 1. The molecule has 8 heteroatoms. The van der Waals surface area contributed by atoms with Crippen molar-refractivity contribution in [3.05, 3.63) is 47.7 Å². The van der Waals surface area contributed by atoms with Gasteiger partial charge in [0.05, 0.1) is 0 Å². The van der Waals surface area contributed by atoms with Crippen LogP contribution in [0.2, 0.25) is 0 Å². The zero-order valence-electron chi connectivity index (χ0n) is 12.2. The average molecular weight is 347 g/mol. The van der Waals surface area contributed by atoms with Crippen molar-refractivity contribution in [3.63, 3.8) is 0 Å². The van der Waals surface area contributed by atoms with Crippen molar-refractivity contribution in [2.24, 2.45) is 11.8 Å². The number of alkyl halides is 3. The molecule has 1 aromatic carbocycles. The Balaban J connectivity index is 1.65. The largest absolute Gasteiger partial charge is 0.534 e. The summed E-state index contributed by atoms with van der Waals surface area (Å²) in [5.41, 5.74) is -4.28. The van der Waals surface area contributed by atoms with Crippen molar-refractivity contribution in [1.82, 2.24) is 4.90 Å². The number of hydrogen-bond acceptors (Lipinski definition) is 4. The predicted molar refractivity (Wildman–Crippen MR) is 77.5 cm³/mol. The van der Waals surface area contributed by atoms with Crippen molar-refractivity contribution >= 4 is 10.1 Å². The third-order valence-corrected chi connectivity index (χ3v) is 5.22. The van der Waals surface area contributed by atoms with Crippen molar-refractivity contribution < 1.29 is 25.8 Å². The zero-order valence-corrected chi connectivity index (χ0v) is 13.0. The first kappa shape index (κ1) is 16.3. The van der Waals surface area contributed by atoms with Gasteiger partial charge in [-0.05, 0) is 24.0 Å². The number of hydrogen-bond donors (Lipinski definition) is 0. The van der Waals surface area contributed by atoms with E-state index in [0.717, 1.165) is 12.1 Å². The maximum Gasteiger partial charge on any atom is 0.534 e. The first-order valence-corrected chi connectivity index (χ1v) is 8.64. The Labute approximate surface area is 132 Å². The molecule has 3 rings (SSSR count). The van der Waals surface area contributed by atoms with Gasteiger partial charge in [0.1, 0.15) is 5.76 Å². The molecule has 0 amide bonds. The van der Waals surface area contributed by atoms with Crippen LogP contribution in [0, 0.1) is 11.8 Å². The molecule has 0 spiro atoms. The van der Waals surface area contributed by atoms with Gasteiger partial charge in [-0.3, -0.25) is 4.90 Å². The van der Waals surface area contributed by atoms with Gasteiger partial charge in [-0.15, -0.1) is 0 Å². The van der Waals surface area contributed by atoms with Crippen LogP contribution in [-0.4, -0.2) is 31.9 Å². The lowest BCUT2D eigenvalue weighted by Crippen LogP contribution is -2.27. The molecular formula is C15H16F3NO3S. The molecule has 1 aliphatic carbocycles. The molecule has 0 radical (unpaired) electrons. The Kier molecular flexibility index (Phi) is 4.14. The first-order chi connectivity index (χ1) is 10.8. The van der Waals surface area contributed by atoms with Crippen molar-refractivity contribution in [2.75, 3.05) is 13.1 Å². The normalized spacial score (nSPS) is 25.3. The quantitative estimate of drug-likeness (QED) is 0.621. The molecule has 2 unspecified atom stereocenters. The SMILES string of the molecule is O=S(=O)(OC1=CCC2CN(Cc3ccccc3)CC12)C(F)(F)F. The van der Waals surface area contributed by atoms with E-state index < -0.39 is 15.6 Å². The van der Waals surface area contributed by atoms with Gasteiger partial charge in [-0.1, -0.05) is 30.3 Å². The highest BCUT2D eigenvalue weighted by Gasteiger charge is 2.51. The van der Waals surface area contributed by atoms with Gasteiger partial charge in [-0.2, -0.15) is 21.6 Å². The van der Waals surface area contributed by atoms with Gasteiger partial charge in [0.25, 0.3) is 0 Å². The molecule has 4 nitrogen and oxygen atoms in total. The van der Waals surface area contributed by atoms with Gasteiger partial charge in [0.2, 0.25) is 0 Å². The molecule has 1 heterocycles. The molecule has 0 saturated carbocycles. The minimum Gasteiger partial charge on any atom is -0.381 e. The summed E-state index contributed by atoms with van der Waals surface area (Å²) in [7, 11) is -5.58. The van der Waals surface area contributed by atoms with E-state index in [1.807, 2.05) is 30.3 Å². The van der Waals surface area contributed by atoms with Crippen LogP contribution in [0.15, 0.2) is 42.2 Å². The highest BCUT2D eigenvalue weighted by Crippen LogP contribution is 2.41. The molecule has 1 fully saturated rings. The summed E-state index contributed by atoms with van der Waals surface area (Å²) in [6, 6.07) is 9.73. The molecule has 1 aliphatic heterocycles. The monoisotopic (exact) mass is 347 g/mol. The molecule has 1 saturated heterocycles. The summed E-state index contributed by atoms with van der Waals surface area (Å²) in [5, 5.41) is 0. The second-order valence-electron chi connectivity index (χ2n) is 5.87. The van der Waals surface area contributed by atoms with Crippen LogP contribution >= 0.6 is 0 Å². The number of likely N-dealkylation sites (tertiary alicyclic amines) is 1. The molecule has 23 heavy (non-hydrogen) atoms. The fourth-order valence-electron chi connectivity index (χ4n) is 3.18. The van der Waals surface area contributed by atoms with Crippen molar-refractivity contribution in [3.8, 4) is 0 Å². The van der Waals surface area contributed by atoms with E-state index in [1.54, 1.807) is 0 Å². The Bertz CT molecular complexity index is 700. The Morgan fingerprint density at radius 3 is 2.52 bits per heavy atom. The van der Waals surface area contributed by atoms with Crippen LogP contribution in [0.4, 0.5) is 13.2 Å². The maximum absolute atomic E-state index is 12.4. The Hall–Kier alpha value is -1.54. The number of nitrogens with zero attached hydrogens (tertiary/aromatic N) is 1. The van der Waals surface area contributed by atoms with Gasteiger partial charge in [0.15, 0.2) is 0 Å². The maximum atomic E-state index is 12.4. The van der Waals surface area contributed by atoms with Crippen LogP contribution in [0.3, 0.4) is 0 Å². The van der Waals surface area contributed by atoms with Gasteiger partial charge in [-0.25, -0.2) is 0 Å². The number of rotatable bonds is 4. The van der Waals surface area contributed by atoms with Crippen LogP contribution < -0.4 is 0 Å². The molecule has 2 aliphatic rings. The third-order valence-electron chi connectivity index (χ3n) is 4.24. The van der Waals surface area contributed by atoms with E-state index in [1.165, 1.54) is 6.08 Å². The summed E-state index contributed by atoms with van der Waals surface area (Å²) in [6.07, 6.45) is 2.01. The van der Waals surface area contributed by atoms with Crippen LogP contribution in [-0.2, 0) is 20.8 Å². The summed E-state index contributed by atoms with van der Waals surface area (Å²) in [5.74, 6) is -0.254. The summed E-state index contributed by atoms with van der Waals surface area (Å²) in [4.78, 5) is 2.11. The van der Waals surface area contributed by atoms with E-state index in [-0.39, 0.29) is 17.6 Å². The van der Waals surface area contributed by atoms with Gasteiger partial charge in [0, 0.05) is 25.6 Å². The molecular weight excluding hydrogens is 331 g/mol. The molecule has 0 bridgehead atoms. The van der Waals surface area contributed by atoms with Gasteiger partial charge < -0.3 is 4.18 Å². The Morgan fingerprint density at radius 1 is 1.17 bits per heavy atom. The average Bonchev–Trinajstić information content (AvgIpc) is 3.00. The van der Waals surface area contributed by atoms with Crippen LogP contribution in [0.25, 0.3) is 0 Å². The van der Waals surface area contributed by atoms with Crippen LogP contribution in [0.1, 0.15) is 12.0 Å². The molecule has 126 valence electrons. The van der Waals surface area contributed by atoms with Crippen molar-refractivity contribution in [1.29, 1.82) is 0 Å². The molecule has 0 N–H and O–H groups in total. The van der Waals surface area contributed by atoms with E-state index in [9.17, 15) is 21.6 Å². The second kappa shape index (κ2) is 5.83. The van der Waals surface area contributed by atoms with Gasteiger partial charge >= 0.3 is 15.6 Å². The second-order valence-corrected chi connectivity index (χ2v) is 7.41. The highest BCUT2D eigenvalue weighted by atomic mass is 32.2. The number of allylic oxidation sites excluding steroid dienone is 1. The molecule has 0 aromatic heterocycles. The highest BCUT2D eigenvalue weighted by molar-refractivity contribution is 7.87. The van der Waals surface area contributed by atoms with E-state index in [2.05, 4.69) is 9.08 Å². The fraction of sp³-hybridized carbons (Fsp3) is 0.467. The summed E-state index contributed by atoms with van der Waals surface area (Å²) in [6.45, 7) is 1.90. The zero-order chi connectivity index (χ0) is 16.7. The molecule has 2 atom stereocenters. The summed E-state index contributed by atoms with van der Waals surface area (Å²) >= 11 is 0. The third kappa shape index (κ3) is 3.37. The topological polar surface area (TPSA) is 46.6 Å². The Morgan fingerprint density at radius 2 is 1.87 bits per heavy atom.